The van der Waals surface area contributed by atoms with Crippen molar-refractivity contribution in [1.29, 1.82) is 0 Å². The number of aryl methyl sites for hydroxylation is 1. The largest absolute Gasteiger partial charge is 0.496 e. The van der Waals surface area contributed by atoms with E-state index in [1.165, 1.54) is 0 Å². The maximum absolute atomic E-state index is 12.9. The van der Waals surface area contributed by atoms with Crippen molar-refractivity contribution in [3.8, 4) is 5.75 Å². The first-order valence-corrected chi connectivity index (χ1v) is 8.50. The molecule has 0 radical (unpaired) electrons. The summed E-state index contributed by atoms with van der Waals surface area (Å²) in [5.41, 5.74) is 2.99. The highest BCUT2D eigenvalue weighted by molar-refractivity contribution is 6.31. The molecule has 1 aliphatic heterocycles. The molecule has 0 bridgehead atoms. The monoisotopic (exact) mass is 347 g/mol. The second-order valence-electron chi connectivity index (χ2n) is 6.15. The van der Waals surface area contributed by atoms with Gasteiger partial charge in [-0.05, 0) is 31.9 Å². The van der Waals surface area contributed by atoms with Gasteiger partial charge >= 0.3 is 0 Å². The molecule has 0 spiro atoms. The van der Waals surface area contributed by atoms with E-state index in [-0.39, 0.29) is 18.4 Å². The quantitative estimate of drug-likeness (QED) is 0.852. The molecule has 1 aromatic heterocycles. The summed E-state index contributed by atoms with van der Waals surface area (Å²) in [5.74, 6) is 0.733. The van der Waals surface area contributed by atoms with E-state index in [1.54, 1.807) is 13.2 Å². The topological polar surface area (TPSA) is 47.4 Å². The predicted octanol–water partition coefficient (Wildman–Crippen LogP) is 3.30. The Bertz CT molecular complexity index is 757. The van der Waals surface area contributed by atoms with Gasteiger partial charge < -0.3 is 9.64 Å². The van der Waals surface area contributed by atoms with Gasteiger partial charge in [-0.3, -0.25) is 9.48 Å². The van der Waals surface area contributed by atoms with Gasteiger partial charge in [-0.1, -0.05) is 17.7 Å². The zero-order valence-corrected chi connectivity index (χ0v) is 15.0. The van der Waals surface area contributed by atoms with Crippen molar-refractivity contribution in [2.75, 3.05) is 13.7 Å². The molecular weight excluding hydrogens is 326 g/mol. The highest BCUT2D eigenvalue weighted by Crippen LogP contribution is 2.35. The van der Waals surface area contributed by atoms with Crippen LogP contribution in [0.1, 0.15) is 35.7 Å². The SMILES string of the molecule is COc1cccc(Cl)c1CC(=O)N1CCC[C@@H]1c1cnn(C)c1C. The number of amides is 1. The minimum atomic E-state index is 0.0761. The molecule has 6 heteroatoms. The molecule has 24 heavy (non-hydrogen) atoms. The molecule has 0 saturated carbocycles. The number of nitrogens with zero attached hydrogens (tertiary/aromatic N) is 3. The normalized spacial score (nSPS) is 17.3. The summed E-state index contributed by atoms with van der Waals surface area (Å²) in [4.78, 5) is 14.9. The Morgan fingerprint density at radius 3 is 2.92 bits per heavy atom. The van der Waals surface area contributed by atoms with Crippen LogP contribution in [0, 0.1) is 6.92 Å². The standard InChI is InChI=1S/C18H22ClN3O2/c1-12-14(11-20-21(12)2)16-7-5-9-22(16)18(23)10-13-15(19)6-4-8-17(13)24-3/h4,6,8,11,16H,5,7,9-10H2,1-3H3/t16-/m1/s1. The molecule has 1 fully saturated rings. The Morgan fingerprint density at radius 2 is 2.25 bits per heavy atom. The van der Waals surface area contributed by atoms with E-state index in [1.807, 2.05) is 41.9 Å². The minimum Gasteiger partial charge on any atom is -0.496 e. The smallest absolute Gasteiger partial charge is 0.227 e. The molecule has 1 amide bonds. The maximum atomic E-state index is 12.9. The second-order valence-corrected chi connectivity index (χ2v) is 6.56. The molecule has 5 nitrogen and oxygen atoms in total. The molecule has 2 heterocycles. The van der Waals surface area contributed by atoms with Crippen LogP contribution in [0.5, 0.6) is 5.75 Å². The third-order valence-corrected chi connectivity index (χ3v) is 5.18. The number of carbonyl (C=O) groups is 1. The summed E-state index contributed by atoms with van der Waals surface area (Å²) < 4.78 is 7.21. The van der Waals surface area contributed by atoms with Gasteiger partial charge in [-0.2, -0.15) is 5.10 Å². The first kappa shape index (κ1) is 16.8. The lowest BCUT2D eigenvalue weighted by Gasteiger charge is -2.25. The van der Waals surface area contributed by atoms with Crippen LogP contribution in [0.4, 0.5) is 0 Å². The first-order valence-electron chi connectivity index (χ1n) is 8.12. The Hall–Kier alpha value is -2.01. The van der Waals surface area contributed by atoms with Crippen LogP contribution in [0.2, 0.25) is 5.02 Å². The third-order valence-electron chi connectivity index (χ3n) is 4.83. The van der Waals surface area contributed by atoms with E-state index < -0.39 is 0 Å². The van der Waals surface area contributed by atoms with Gasteiger partial charge in [-0.25, -0.2) is 0 Å². The number of aromatic nitrogens is 2. The van der Waals surface area contributed by atoms with E-state index in [4.69, 9.17) is 16.3 Å². The van der Waals surface area contributed by atoms with Gasteiger partial charge in [0, 0.05) is 35.4 Å². The van der Waals surface area contributed by atoms with Crippen LogP contribution in [0.25, 0.3) is 0 Å². The highest BCUT2D eigenvalue weighted by atomic mass is 35.5. The molecule has 1 saturated heterocycles. The van der Waals surface area contributed by atoms with Gasteiger partial charge in [0.25, 0.3) is 0 Å². The molecule has 3 rings (SSSR count). The highest BCUT2D eigenvalue weighted by Gasteiger charge is 2.32. The third kappa shape index (κ3) is 3.00. The summed E-state index contributed by atoms with van der Waals surface area (Å²) in [6.45, 7) is 2.81. The Balaban J connectivity index is 1.83. The summed E-state index contributed by atoms with van der Waals surface area (Å²) in [5, 5.41) is 4.88. The zero-order chi connectivity index (χ0) is 17.3. The molecular formula is C18H22ClN3O2. The fraction of sp³-hybridized carbons (Fsp3) is 0.444. The number of halogens is 1. The molecule has 0 aliphatic carbocycles. The molecule has 2 aromatic rings. The number of benzene rings is 1. The zero-order valence-electron chi connectivity index (χ0n) is 14.3. The lowest BCUT2D eigenvalue weighted by atomic mass is 10.0. The van der Waals surface area contributed by atoms with Crippen LogP contribution in [0.15, 0.2) is 24.4 Å². The van der Waals surface area contributed by atoms with E-state index >= 15 is 0 Å². The van der Waals surface area contributed by atoms with E-state index in [9.17, 15) is 4.79 Å². The Labute approximate surface area is 147 Å². The van der Waals surface area contributed by atoms with Crippen molar-refractivity contribution >= 4 is 17.5 Å². The lowest BCUT2D eigenvalue weighted by molar-refractivity contribution is -0.131. The van der Waals surface area contributed by atoms with Crippen molar-refractivity contribution in [2.45, 2.75) is 32.2 Å². The van der Waals surface area contributed by atoms with Crippen LogP contribution < -0.4 is 4.74 Å². The Morgan fingerprint density at radius 1 is 1.46 bits per heavy atom. The van der Waals surface area contributed by atoms with E-state index in [0.717, 1.165) is 36.2 Å². The van der Waals surface area contributed by atoms with Crippen LogP contribution >= 0.6 is 11.6 Å². The summed E-state index contributed by atoms with van der Waals surface area (Å²) in [7, 11) is 3.52. The fourth-order valence-electron chi connectivity index (χ4n) is 3.39. The molecule has 1 aliphatic rings. The van der Waals surface area contributed by atoms with Gasteiger partial charge in [0.1, 0.15) is 5.75 Å². The van der Waals surface area contributed by atoms with Crippen molar-refractivity contribution in [3.05, 3.63) is 46.2 Å². The second kappa shape index (κ2) is 6.85. The number of likely N-dealkylation sites (tertiary alicyclic amines) is 1. The van der Waals surface area contributed by atoms with Crippen molar-refractivity contribution in [1.82, 2.24) is 14.7 Å². The number of rotatable bonds is 4. The van der Waals surface area contributed by atoms with Gasteiger partial charge in [0.15, 0.2) is 0 Å². The number of hydrogen-bond donors (Lipinski definition) is 0. The van der Waals surface area contributed by atoms with Crippen molar-refractivity contribution in [2.24, 2.45) is 7.05 Å². The van der Waals surface area contributed by atoms with E-state index in [2.05, 4.69) is 5.10 Å². The predicted molar refractivity (Wildman–Crippen MR) is 93.3 cm³/mol. The number of ether oxygens (including phenoxy) is 1. The van der Waals surface area contributed by atoms with Crippen molar-refractivity contribution in [3.63, 3.8) is 0 Å². The Kier molecular flexibility index (Phi) is 4.81. The fourth-order valence-corrected chi connectivity index (χ4v) is 3.62. The van der Waals surface area contributed by atoms with Gasteiger partial charge in [0.05, 0.1) is 25.8 Å². The van der Waals surface area contributed by atoms with Gasteiger partial charge in [-0.15, -0.1) is 0 Å². The number of carbonyl (C=O) groups excluding carboxylic acids is 1. The molecule has 1 aromatic carbocycles. The van der Waals surface area contributed by atoms with Gasteiger partial charge in [0.2, 0.25) is 5.91 Å². The average molecular weight is 348 g/mol. The van der Waals surface area contributed by atoms with Crippen molar-refractivity contribution < 1.29 is 9.53 Å². The number of hydrogen-bond acceptors (Lipinski definition) is 3. The summed E-state index contributed by atoms with van der Waals surface area (Å²) >= 11 is 6.28. The first-order chi connectivity index (χ1) is 11.5. The summed E-state index contributed by atoms with van der Waals surface area (Å²) in [6.07, 6.45) is 4.10. The molecule has 1 atom stereocenters. The molecule has 0 N–H and O–H groups in total. The minimum absolute atomic E-state index is 0.0761. The molecule has 0 unspecified atom stereocenters. The molecule has 128 valence electrons. The average Bonchev–Trinajstić information content (AvgIpc) is 3.17. The van der Waals surface area contributed by atoms with Crippen LogP contribution in [0.3, 0.4) is 0 Å². The number of methoxy groups -OCH3 is 1. The van der Waals surface area contributed by atoms with E-state index in [0.29, 0.717) is 10.8 Å². The lowest BCUT2D eigenvalue weighted by Crippen LogP contribution is -2.32. The summed E-state index contributed by atoms with van der Waals surface area (Å²) in [6, 6.07) is 5.55. The maximum Gasteiger partial charge on any atom is 0.227 e. The van der Waals surface area contributed by atoms with Crippen LogP contribution in [-0.4, -0.2) is 34.2 Å². The van der Waals surface area contributed by atoms with Crippen LogP contribution in [-0.2, 0) is 18.3 Å².